The molecule has 0 spiro atoms. The van der Waals surface area contributed by atoms with Gasteiger partial charge >= 0.3 is 5.97 Å². The van der Waals surface area contributed by atoms with E-state index < -0.39 is 4.30 Å². The predicted octanol–water partition coefficient (Wildman–Crippen LogP) is 2.94. The van der Waals surface area contributed by atoms with Gasteiger partial charge in [0.25, 0.3) is 0 Å². The van der Waals surface area contributed by atoms with Crippen molar-refractivity contribution in [1.29, 1.82) is 0 Å². The van der Waals surface area contributed by atoms with Gasteiger partial charge in [0.2, 0.25) is 0 Å². The van der Waals surface area contributed by atoms with Gasteiger partial charge in [0.05, 0.1) is 6.61 Å². The molecule has 0 heterocycles. The van der Waals surface area contributed by atoms with Crippen molar-refractivity contribution in [3.8, 4) is 0 Å². The first-order valence-corrected chi connectivity index (χ1v) is 5.28. The molecule has 0 unspecified atom stereocenters. The number of carbonyl (C=O) groups is 1. The Labute approximate surface area is 100 Å². The van der Waals surface area contributed by atoms with Crippen LogP contribution in [0.3, 0.4) is 0 Å². The third-order valence-electron chi connectivity index (χ3n) is 0.348. The number of aliphatic hydroxyl groups is 1. The number of halogens is 3. The van der Waals surface area contributed by atoms with Crippen molar-refractivity contribution in [3.05, 3.63) is 0 Å². The Balaban J connectivity index is -0.000000135. The van der Waals surface area contributed by atoms with Crippen LogP contribution in [0.25, 0.3) is 0 Å². The molecule has 0 radical (unpaired) electrons. The number of hydrogen-bond acceptors (Lipinski definition) is 3. The maximum absolute atomic E-state index is 9.82. The number of alkyl halides is 3. The number of rotatable bonds is 1. The summed E-state index contributed by atoms with van der Waals surface area (Å²) in [6, 6.07) is 0. The first-order valence-electron chi connectivity index (χ1n) is 3.97. The van der Waals surface area contributed by atoms with Crippen LogP contribution in [0.4, 0.5) is 0 Å². The molecular formula is C8H17Cl3O3. The second kappa shape index (κ2) is 15.8. The normalized spacial score (nSPS) is 8.43. The zero-order valence-electron chi connectivity index (χ0n) is 8.76. The van der Waals surface area contributed by atoms with Crippen molar-refractivity contribution in [2.45, 2.75) is 38.1 Å². The molecule has 14 heavy (non-hydrogen) atoms. The Morgan fingerprint density at radius 1 is 1.36 bits per heavy atom. The lowest BCUT2D eigenvalue weighted by atomic mass is 10.5. The fourth-order valence-electron chi connectivity index (χ4n) is 0.203. The SMILES string of the molecule is CC(C)O.CCOC(C)=O.ClC(Cl)Cl. The minimum Gasteiger partial charge on any atom is -0.466 e. The highest BCUT2D eigenvalue weighted by molar-refractivity contribution is 6.63. The first kappa shape index (κ1) is 19.8. The Bertz CT molecular complexity index is 107. The fraction of sp³-hybridized carbons (Fsp3) is 0.875. The van der Waals surface area contributed by atoms with E-state index in [1.807, 2.05) is 0 Å². The number of hydrogen-bond donors (Lipinski definition) is 1. The molecule has 0 aliphatic heterocycles. The van der Waals surface area contributed by atoms with Crippen LogP contribution >= 0.6 is 34.8 Å². The minimum absolute atomic E-state index is 0.167. The molecule has 0 bridgehead atoms. The Kier molecular flexibility index (Phi) is 22.3. The van der Waals surface area contributed by atoms with E-state index in [0.717, 1.165) is 0 Å². The van der Waals surface area contributed by atoms with Crippen LogP contribution in [-0.4, -0.2) is 28.1 Å². The summed E-state index contributed by atoms with van der Waals surface area (Å²) < 4.78 is 3.65. The van der Waals surface area contributed by atoms with Crippen LogP contribution in [0.15, 0.2) is 0 Å². The van der Waals surface area contributed by atoms with E-state index in [9.17, 15) is 4.79 Å². The molecule has 0 amide bonds. The number of aliphatic hydroxyl groups excluding tert-OH is 1. The van der Waals surface area contributed by atoms with Gasteiger partial charge in [-0.1, -0.05) is 34.8 Å². The summed E-state index contributed by atoms with van der Waals surface area (Å²) in [5, 5.41) is 8.06. The average Bonchev–Trinajstić information content (AvgIpc) is 1.82. The Morgan fingerprint density at radius 2 is 1.57 bits per heavy atom. The van der Waals surface area contributed by atoms with E-state index in [-0.39, 0.29) is 12.1 Å². The molecule has 0 aliphatic rings. The monoisotopic (exact) mass is 266 g/mol. The zero-order chi connectivity index (χ0) is 12.1. The van der Waals surface area contributed by atoms with E-state index in [0.29, 0.717) is 6.61 Å². The van der Waals surface area contributed by atoms with Crippen LogP contribution < -0.4 is 0 Å². The first-order chi connectivity index (χ1) is 6.23. The van der Waals surface area contributed by atoms with Gasteiger partial charge in [0, 0.05) is 13.0 Å². The topological polar surface area (TPSA) is 46.5 Å². The van der Waals surface area contributed by atoms with E-state index >= 15 is 0 Å². The molecule has 88 valence electrons. The van der Waals surface area contributed by atoms with Gasteiger partial charge in [0.15, 0.2) is 4.30 Å². The smallest absolute Gasteiger partial charge is 0.302 e. The van der Waals surface area contributed by atoms with Gasteiger partial charge in [-0.05, 0) is 20.8 Å². The third-order valence-corrected chi connectivity index (χ3v) is 0.348. The third kappa shape index (κ3) is 144. The standard InChI is InChI=1S/C4H8O2.C3H8O.CHCl3/c1-3-6-4(2)5;1-3(2)4;2-1(3)4/h3H2,1-2H3;3-4H,1-2H3;1H. The van der Waals surface area contributed by atoms with Gasteiger partial charge in [-0.25, -0.2) is 0 Å². The number of esters is 1. The van der Waals surface area contributed by atoms with Crippen LogP contribution in [0, 0.1) is 0 Å². The summed E-state index contributed by atoms with van der Waals surface area (Å²) in [6.07, 6.45) is -0.167. The lowest BCUT2D eigenvalue weighted by Gasteiger charge is -1.89. The summed E-state index contributed by atoms with van der Waals surface area (Å²) in [7, 11) is 0. The molecule has 0 rings (SSSR count). The predicted molar refractivity (Wildman–Crippen MR) is 61.0 cm³/mol. The molecule has 0 aromatic carbocycles. The molecule has 0 aliphatic carbocycles. The molecule has 1 N–H and O–H groups in total. The molecule has 0 aromatic rings. The van der Waals surface area contributed by atoms with Crippen molar-refractivity contribution >= 4 is 40.8 Å². The van der Waals surface area contributed by atoms with Crippen LogP contribution in [0.1, 0.15) is 27.7 Å². The van der Waals surface area contributed by atoms with Crippen LogP contribution in [-0.2, 0) is 9.53 Å². The maximum atomic E-state index is 9.82. The summed E-state index contributed by atoms with van der Waals surface area (Å²) >= 11 is 14.4. The molecule has 6 heteroatoms. The lowest BCUT2D eigenvalue weighted by Crippen LogP contribution is -1.95. The molecule has 0 aromatic heterocycles. The van der Waals surface area contributed by atoms with Gasteiger partial charge in [-0.2, -0.15) is 0 Å². The Morgan fingerprint density at radius 3 is 1.57 bits per heavy atom. The highest BCUT2D eigenvalue weighted by atomic mass is 35.6. The summed E-state index contributed by atoms with van der Waals surface area (Å²) in [5.41, 5.74) is 0. The van der Waals surface area contributed by atoms with Crippen LogP contribution in [0.5, 0.6) is 0 Å². The van der Waals surface area contributed by atoms with Crippen molar-refractivity contribution < 1.29 is 14.6 Å². The molecule has 0 saturated heterocycles. The van der Waals surface area contributed by atoms with E-state index in [1.165, 1.54) is 6.92 Å². The average molecular weight is 268 g/mol. The molecule has 0 saturated carbocycles. The summed E-state index contributed by atoms with van der Waals surface area (Å²) in [4.78, 5) is 9.82. The number of ether oxygens (including phenoxy) is 1. The van der Waals surface area contributed by atoms with Gasteiger partial charge in [0.1, 0.15) is 0 Å². The number of carbonyl (C=O) groups excluding carboxylic acids is 1. The van der Waals surface area contributed by atoms with E-state index in [1.54, 1.807) is 20.8 Å². The zero-order valence-corrected chi connectivity index (χ0v) is 11.0. The van der Waals surface area contributed by atoms with Gasteiger partial charge in [-0.15, -0.1) is 0 Å². The second-order valence-electron chi connectivity index (χ2n) is 2.27. The fourth-order valence-corrected chi connectivity index (χ4v) is 0.203. The van der Waals surface area contributed by atoms with E-state index in [2.05, 4.69) is 4.74 Å². The van der Waals surface area contributed by atoms with Gasteiger partial charge in [-0.3, -0.25) is 4.79 Å². The Hall–Kier alpha value is 0.300. The minimum atomic E-state index is -0.750. The quantitative estimate of drug-likeness (QED) is 0.587. The van der Waals surface area contributed by atoms with Crippen molar-refractivity contribution in [2.24, 2.45) is 0 Å². The second-order valence-corrected chi connectivity index (χ2v) is 4.25. The van der Waals surface area contributed by atoms with Crippen molar-refractivity contribution in [1.82, 2.24) is 0 Å². The molecule has 3 nitrogen and oxygen atoms in total. The highest BCUT2D eigenvalue weighted by Crippen LogP contribution is 2.03. The largest absolute Gasteiger partial charge is 0.466 e. The molecule has 0 atom stereocenters. The lowest BCUT2D eigenvalue weighted by molar-refractivity contribution is -0.140. The maximum Gasteiger partial charge on any atom is 0.302 e. The highest BCUT2D eigenvalue weighted by Gasteiger charge is 1.81. The molecular weight excluding hydrogens is 250 g/mol. The van der Waals surface area contributed by atoms with Crippen LogP contribution in [0.2, 0.25) is 0 Å². The summed E-state index contributed by atoms with van der Waals surface area (Å²) in [6.45, 7) is 7.10. The van der Waals surface area contributed by atoms with E-state index in [4.69, 9.17) is 39.9 Å². The molecule has 0 fully saturated rings. The summed E-state index contributed by atoms with van der Waals surface area (Å²) in [5.74, 6) is -0.211. The van der Waals surface area contributed by atoms with Gasteiger partial charge < -0.3 is 9.84 Å². The van der Waals surface area contributed by atoms with Crippen molar-refractivity contribution in [2.75, 3.05) is 6.61 Å². The van der Waals surface area contributed by atoms with Crippen molar-refractivity contribution in [3.63, 3.8) is 0 Å².